The predicted molar refractivity (Wildman–Crippen MR) is 87.4 cm³/mol. The number of carbonyl (C=O) groups is 1. The molecule has 4 nitrogen and oxygen atoms in total. The monoisotopic (exact) mass is 292 g/mol. The highest BCUT2D eigenvalue weighted by Crippen LogP contribution is 2.16. The second kappa shape index (κ2) is 8.80. The molecule has 3 atom stereocenters. The molecule has 0 aliphatic heterocycles. The number of amides is 1. The standard InChI is InChI=1S/C17H28N2O2/c1-5-15-8-6-7-9-16(15)19-17(21)10-13(3)18-14(4)12(2)11-20/h6-9,12-14,18,20H,5,10-11H2,1-4H3,(H,19,21). The van der Waals surface area contributed by atoms with E-state index in [0.717, 1.165) is 17.7 Å². The number of aliphatic hydroxyl groups excluding tert-OH is 1. The molecule has 1 amide bonds. The number of aryl methyl sites for hydroxylation is 1. The molecule has 3 N–H and O–H groups in total. The van der Waals surface area contributed by atoms with Gasteiger partial charge in [0.15, 0.2) is 0 Å². The van der Waals surface area contributed by atoms with Crippen LogP contribution in [0, 0.1) is 5.92 Å². The summed E-state index contributed by atoms with van der Waals surface area (Å²) in [5.41, 5.74) is 2.04. The summed E-state index contributed by atoms with van der Waals surface area (Å²) in [6.07, 6.45) is 1.32. The fourth-order valence-corrected chi connectivity index (χ4v) is 2.26. The number of nitrogens with one attached hydrogen (secondary N) is 2. The SMILES string of the molecule is CCc1ccccc1NC(=O)CC(C)NC(C)C(C)CO. The van der Waals surface area contributed by atoms with Gasteiger partial charge in [0.1, 0.15) is 0 Å². The number of hydrogen-bond acceptors (Lipinski definition) is 3. The lowest BCUT2D eigenvalue weighted by Crippen LogP contribution is -2.41. The molecule has 0 aliphatic carbocycles. The molecular formula is C17H28N2O2. The summed E-state index contributed by atoms with van der Waals surface area (Å²) in [5.74, 6) is 0.191. The maximum atomic E-state index is 12.1. The van der Waals surface area contributed by atoms with Crippen molar-refractivity contribution in [2.24, 2.45) is 5.92 Å². The van der Waals surface area contributed by atoms with Crippen LogP contribution in [0.25, 0.3) is 0 Å². The van der Waals surface area contributed by atoms with Crippen molar-refractivity contribution in [3.63, 3.8) is 0 Å². The molecule has 0 bridgehead atoms. The van der Waals surface area contributed by atoms with Crippen LogP contribution in [0.4, 0.5) is 5.69 Å². The highest BCUT2D eigenvalue weighted by molar-refractivity contribution is 5.91. The summed E-state index contributed by atoms with van der Waals surface area (Å²) < 4.78 is 0. The van der Waals surface area contributed by atoms with Crippen molar-refractivity contribution in [2.75, 3.05) is 11.9 Å². The second-order valence-corrected chi connectivity index (χ2v) is 5.78. The fourth-order valence-electron chi connectivity index (χ4n) is 2.26. The van der Waals surface area contributed by atoms with Gasteiger partial charge in [0.05, 0.1) is 0 Å². The van der Waals surface area contributed by atoms with E-state index in [1.807, 2.05) is 45.0 Å². The third kappa shape index (κ3) is 5.86. The average molecular weight is 292 g/mol. The minimum absolute atomic E-state index is 0.0137. The van der Waals surface area contributed by atoms with Crippen molar-refractivity contribution in [2.45, 2.75) is 52.6 Å². The first kappa shape index (κ1) is 17.7. The Balaban J connectivity index is 2.49. The van der Waals surface area contributed by atoms with Crippen LogP contribution in [0.1, 0.15) is 39.7 Å². The summed E-state index contributed by atoms with van der Waals surface area (Å²) in [6, 6.07) is 8.13. The Labute approximate surface area is 128 Å². The van der Waals surface area contributed by atoms with Crippen molar-refractivity contribution in [3.05, 3.63) is 29.8 Å². The summed E-state index contributed by atoms with van der Waals surface area (Å²) >= 11 is 0. The second-order valence-electron chi connectivity index (χ2n) is 5.78. The van der Waals surface area contributed by atoms with Crippen molar-refractivity contribution < 1.29 is 9.90 Å². The lowest BCUT2D eigenvalue weighted by molar-refractivity contribution is -0.116. The molecule has 1 aromatic carbocycles. The topological polar surface area (TPSA) is 61.4 Å². The first-order valence-electron chi connectivity index (χ1n) is 7.72. The van der Waals surface area contributed by atoms with E-state index in [-0.39, 0.29) is 30.5 Å². The predicted octanol–water partition coefficient (Wildman–Crippen LogP) is 2.57. The summed E-state index contributed by atoms with van der Waals surface area (Å²) in [6.45, 7) is 8.24. The van der Waals surface area contributed by atoms with Crippen molar-refractivity contribution in [1.82, 2.24) is 5.32 Å². The van der Waals surface area contributed by atoms with Crippen LogP contribution in [-0.2, 0) is 11.2 Å². The minimum Gasteiger partial charge on any atom is -0.396 e. The Morgan fingerprint density at radius 3 is 2.52 bits per heavy atom. The molecular weight excluding hydrogens is 264 g/mol. The van der Waals surface area contributed by atoms with E-state index < -0.39 is 0 Å². The summed E-state index contributed by atoms with van der Waals surface area (Å²) in [5, 5.41) is 15.5. The smallest absolute Gasteiger partial charge is 0.225 e. The van der Waals surface area contributed by atoms with Crippen molar-refractivity contribution >= 4 is 11.6 Å². The summed E-state index contributed by atoms with van der Waals surface area (Å²) in [7, 11) is 0. The lowest BCUT2D eigenvalue weighted by atomic mass is 10.0. The number of hydrogen-bond donors (Lipinski definition) is 3. The number of anilines is 1. The van der Waals surface area contributed by atoms with Gasteiger partial charge < -0.3 is 15.7 Å². The Kier molecular flexibility index (Phi) is 7.40. The maximum absolute atomic E-state index is 12.1. The highest BCUT2D eigenvalue weighted by Gasteiger charge is 2.16. The number of benzene rings is 1. The third-order valence-corrected chi connectivity index (χ3v) is 3.85. The van der Waals surface area contributed by atoms with Gasteiger partial charge in [-0.25, -0.2) is 0 Å². The van der Waals surface area contributed by atoms with Crippen LogP contribution in [0.3, 0.4) is 0 Å². The van der Waals surface area contributed by atoms with Crippen LogP contribution in [0.15, 0.2) is 24.3 Å². The molecule has 0 fully saturated rings. The highest BCUT2D eigenvalue weighted by atomic mass is 16.3. The van der Waals surface area contributed by atoms with Gasteiger partial charge in [0, 0.05) is 30.8 Å². The Bertz CT molecular complexity index is 448. The number of aliphatic hydroxyl groups is 1. The molecule has 1 rings (SSSR count). The van der Waals surface area contributed by atoms with Crippen molar-refractivity contribution in [1.29, 1.82) is 0 Å². The minimum atomic E-state index is 0.0137. The molecule has 0 saturated heterocycles. The normalized spacial score (nSPS) is 15.3. The third-order valence-electron chi connectivity index (χ3n) is 3.85. The number of carbonyl (C=O) groups excluding carboxylic acids is 1. The molecule has 0 radical (unpaired) electrons. The van der Waals surface area contributed by atoms with Gasteiger partial charge in [-0.15, -0.1) is 0 Å². The van der Waals surface area contributed by atoms with E-state index in [1.54, 1.807) is 0 Å². The molecule has 118 valence electrons. The van der Waals surface area contributed by atoms with Gasteiger partial charge >= 0.3 is 0 Å². The molecule has 4 heteroatoms. The van der Waals surface area contributed by atoms with Crippen LogP contribution in [-0.4, -0.2) is 29.7 Å². The van der Waals surface area contributed by atoms with E-state index in [0.29, 0.717) is 6.42 Å². The molecule has 0 heterocycles. The molecule has 0 saturated carbocycles. The first-order chi connectivity index (χ1) is 9.97. The first-order valence-corrected chi connectivity index (χ1v) is 7.72. The van der Waals surface area contributed by atoms with Gasteiger partial charge in [-0.3, -0.25) is 4.79 Å². The van der Waals surface area contributed by atoms with Crippen LogP contribution >= 0.6 is 0 Å². The average Bonchev–Trinajstić information content (AvgIpc) is 2.46. The molecule has 21 heavy (non-hydrogen) atoms. The van der Waals surface area contributed by atoms with E-state index in [1.165, 1.54) is 0 Å². The molecule has 0 aromatic heterocycles. The quantitative estimate of drug-likeness (QED) is 0.690. The van der Waals surface area contributed by atoms with E-state index in [4.69, 9.17) is 5.11 Å². The number of rotatable bonds is 8. The lowest BCUT2D eigenvalue weighted by Gasteiger charge is -2.24. The molecule has 1 aromatic rings. The zero-order chi connectivity index (χ0) is 15.8. The largest absolute Gasteiger partial charge is 0.396 e. The molecule has 0 spiro atoms. The Hall–Kier alpha value is -1.39. The van der Waals surface area contributed by atoms with Crippen molar-refractivity contribution in [3.8, 4) is 0 Å². The Morgan fingerprint density at radius 1 is 1.24 bits per heavy atom. The van der Waals surface area contributed by atoms with Crippen LogP contribution in [0.2, 0.25) is 0 Å². The fraction of sp³-hybridized carbons (Fsp3) is 0.588. The van der Waals surface area contributed by atoms with E-state index in [2.05, 4.69) is 17.6 Å². The van der Waals surface area contributed by atoms with Gasteiger partial charge in [-0.2, -0.15) is 0 Å². The summed E-state index contributed by atoms with van der Waals surface area (Å²) in [4.78, 5) is 12.1. The van der Waals surface area contributed by atoms with Gasteiger partial charge in [0.25, 0.3) is 0 Å². The number of para-hydroxylation sites is 1. The molecule has 3 unspecified atom stereocenters. The van der Waals surface area contributed by atoms with E-state index >= 15 is 0 Å². The zero-order valence-electron chi connectivity index (χ0n) is 13.5. The zero-order valence-corrected chi connectivity index (χ0v) is 13.5. The van der Waals surface area contributed by atoms with Gasteiger partial charge in [0.2, 0.25) is 5.91 Å². The van der Waals surface area contributed by atoms with Gasteiger partial charge in [-0.1, -0.05) is 32.0 Å². The van der Waals surface area contributed by atoms with Crippen LogP contribution < -0.4 is 10.6 Å². The Morgan fingerprint density at radius 2 is 1.90 bits per heavy atom. The van der Waals surface area contributed by atoms with Crippen LogP contribution in [0.5, 0.6) is 0 Å². The molecule has 0 aliphatic rings. The maximum Gasteiger partial charge on any atom is 0.225 e. The van der Waals surface area contributed by atoms with E-state index in [9.17, 15) is 4.79 Å². The van der Waals surface area contributed by atoms with Gasteiger partial charge in [-0.05, 0) is 37.8 Å².